The lowest BCUT2D eigenvalue weighted by molar-refractivity contribution is -0.140. The summed E-state index contributed by atoms with van der Waals surface area (Å²) in [6.07, 6.45) is 2.14. The molecule has 3 atom stereocenters. The lowest BCUT2D eigenvalue weighted by atomic mass is 9.83. The van der Waals surface area contributed by atoms with E-state index in [2.05, 4.69) is 5.32 Å². The van der Waals surface area contributed by atoms with E-state index in [0.717, 1.165) is 6.42 Å². The Bertz CT molecular complexity index is 463. The molecule has 0 bridgehead atoms. The van der Waals surface area contributed by atoms with Crippen LogP contribution in [0.1, 0.15) is 40.0 Å². The number of rotatable bonds is 5. The van der Waals surface area contributed by atoms with Gasteiger partial charge in [0.2, 0.25) is 5.91 Å². The molecule has 7 heteroatoms. The summed E-state index contributed by atoms with van der Waals surface area (Å²) < 4.78 is 24.7. The van der Waals surface area contributed by atoms with Crippen LogP contribution < -0.4 is 5.32 Å². The average molecular weight is 305 g/mol. The number of nitrogens with one attached hydrogen (secondary N) is 1. The Balaban J connectivity index is 2.81. The number of carbonyl (C=O) groups is 2. The molecule has 1 fully saturated rings. The van der Waals surface area contributed by atoms with Crippen molar-refractivity contribution in [3.63, 3.8) is 0 Å². The first-order valence-corrected chi connectivity index (χ1v) is 8.54. The minimum atomic E-state index is -3.53. The second kappa shape index (κ2) is 6.56. The molecule has 1 aliphatic rings. The number of hydrogen-bond donors (Lipinski definition) is 2. The Morgan fingerprint density at radius 3 is 2.10 bits per heavy atom. The maximum atomic E-state index is 12.4. The third kappa shape index (κ3) is 4.77. The quantitative estimate of drug-likeness (QED) is 0.783. The van der Waals surface area contributed by atoms with Crippen molar-refractivity contribution in [1.29, 1.82) is 0 Å². The van der Waals surface area contributed by atoms with Crippen LogP contribution in [0.4, 0.5) is 0 Å². The van der Waals surface area contributed by atoms with Crippen LogP contribution in [0.3, 0.4) is 0 Å². The molecule has 1 amide bonds. The van der Waals surface area contributed by atoms with Crippen LogP contribution in [-0.4, -0.2) is 42.4 Å². The van der Waals surface area contributed by atoms with E-state index >= 15 is 0 Å². The van der Waals surface area contributed by atoms with Crippen molar-refractivity contribution >= 4 is 21.7 Å². The van der Waals surface area contributed by atoms with Crippen LogP contribution in [0.2, 0.25) is 0 Å². The fourth-order valence-corrected chi connectivity index (χ4v) is 5.16. The lowest BCUT2D eigenvalue weighted by Gasteiger charge is -2.31. The predicted molar refractivity (Wildman–Crippen MR) is 75.0 cm³/mol. The highest BCUT2D eigenvalue weighted by molar-refractivity contribution is 7.92. The van der Waals surface area contributed by atoms with Crippen LogP contribution in [0.25, 0.3) is 0 Å². The summed E-state index contributed by atoms with van der Waals surface area (Å²) in [7, 11) is -3.53. The van der Waals surface area contributed by atoms with Gasteiger partial charge in [-0.2, -0.15) is 0 Å². The molecule has 1 saturated carbocycles. The molecule has 2 N–H and O–H groups in total. The Morgan fingerprint density at radius 2 is 1.70 bits per heavy atom. The van der Waals surface area contributed by atoms with Crippen molar-refractivity contribution in [3.05, 3.63) is 0 Å². The molecule has 0 aromatic rings. The average Bonchev–Trinajstić information content (AvgIpc) is 2.25. The number of carboxylic acids is 1. The molecule has 0 aliphatic heterocycles. The molecule has 6 nitrogen and oxygen atoms in total. The van der Waals surface area contributed by atoms with Crippen molar-refractivity contribution in [2.24, 2.45) is 11.8 Å². The van der Waals surface area contributed by atoms with E-state index in [1.54, 1.807) is 0 Å². The minimum Gasteiger partial charge on any atom is -0.480 e. The van der Waals surface area contributed by atoms with E-state index in [-0.39, 0.29) is 0 Å². The van der Waals surface area contributed by atoms with Gasteiger partial charge in [0.05, 0.1) is 11.0 Å². The van der Waals surface area contributed by atoms with Crippen LogP contribution in [0, 0.1) is 11.8 Å². The largest absolute Gasteiger partial charge is 0.480 e. The summed E-state index contributed by atoms with van der Waals surface area (Å²) >= 11 is 0. The highest BCUT2D eigenvalue weighted by atomic mass is 32.2. The molecule has 0 heterocycles. The molecule has 3 unspecified atom stereocenters. The first kappa shape index (κ1) is 16.9. The topological polar surface area (TPSA) is 101 Å². The standard InChI is InChI=1S/C13H23NO5S/c1-8-4-9(2)6-11(5-8)20(18,19)7-12(13(16)17)14-10(3)15/h8-9,11-12H,4-7H2,1-3H3,(H,14,15)(H,16,17). The van der Waals surface area contributed by atoms with Gasteiger partial charge in [-0.25, -0.2) is 13.2 Å². The molecule has 1 aliphatic carbocycles. The third-order valence-electron chi connectivity index (χ3n) is 3.72. The molecule has 0 saturated heterocycles. The molecule has 20 heavy (non-hydrogen) atoms. The summed E-state index contributed by atoms with van der Waals surface area (Å²) in [5, 5.41) is 10.7. The number of amides is 1. The summed E-state index contributed by atoms with van der Waals surface area (Å²) in [6, 6.07) is -1.37. The predicted octanol–water partition coefficient (Wildman–Crippen LogP) is 0.815. The van der Waals surface area contributed by atoms with E-state index < -0.39 is 38.8 Å². The fraction of sp³-hybridized carbons (Fsp3) is 0.846. The third-order valence-corrected chi connectivity index (χ3v) is 5.92. The maximum absolute atomic E-state index is 12.4. The van der Waals surface area contributed by atoms with E-state index in [1.807, 2.05) is 13.8 Å². The zero-order valence-electron chi connectivity index (χ0n) is 12.1. The van der Waals surface area contributed by atoms with Gasteiger partial charge < -0.3 is 10.4 Å². The van der Waals surface area contributed by atoms with Gasteiger partial charge in [-0.3, -0.25) is 4.79 Å². The second-order valence-electron chi connectivity index (χ2n) is 5.96. The molecule has 0 radical (unpaired) electrons. The molecule has 0 spiro atoms. The van der Waals surface area contributed by atoms with Crippen LogP contribution >= 0.6 is 0 Å². The number of carboxylic acid groups (broad SMARTS) is 1. The smallest absolute Gasteiger partial charge is 0.327 e. The van der Waals surface area contributed by atoms with Crippen molar-refractivity contribution < 1.29 is 23.1 Å². The van der Waals surface area contributed by atoms with Gasteiger partial charge in [-0.1, -0.05) is 13.8 Å². The number of carbonyl (C=O) groups excluding carboxylic acids is 1. The van der Waals surface area contributed by atoms with E-state index in [9.17, 15) is 18.0 Å². The van der Waals surface area contributed by atoms with Crippen molar-refractivity contribution in [1.82, 2.24) is 5.32 Å². The Labute approximate surface area is 119 Å². The van der Waals surface area contributed by atoms with Crippen molar-refractivity contribution in [3.8, 4) is 0 Å². The van der Waals surface area contributed by atoms with Gasteiger partial charge in [-0.05, 0) is 31.1 Å². The molecular weight excluding hydrogens is 282 g/mol. The lowest BCUT2D eigenvalue weighted by Crippen LogP contribution is -2.47. The Morgan fingerprint density at radius 1 is 1.20 bits per heavy atom. The maximum Gasteiger partial charge on any atom is 0.327 e. The molecular formula is C13H23NO5S. The SMILES string of the molecule is CC(=O)NC(CS(=O)(=O)C1CC(C)CC(C)C1)C(=O)O. The van der Waals surface area contributed by atoms with Crippen LogP contribution in [0.5, 0.6) is 0 Å². The van der Waals surface area contributed by atoms with Crippen molar-refractivity contribution in [2.45, 2.75) is 51.3 Å². The Hall–Kier alpha value is -1.11. The summed E-state index contributed by atoms with van der Waals surface area (Å²) in [4.78, 5) is 22.0. The molecule has 0 aromatic carbocycles. The minimum absolute atomic E-state index is 0.322. The number of sulfone groups is 1. The highest BCUT2D eigenvalue weighted by Gasteiger charge is 2.36. The van der Waals surface area contributed by atoms with Gasteiger partial charge in [0, 0.05) is 6.92 Å². The monoisotopic (exact) mass is 305 g/mol. The van der Waals surface area contributed by atoms with Gasteiger partial charge in [0.25, 0.3) is 0 Å². The molecule has 116 valence electrons. The number of hydrogen-bond acceptors (Lipinski definition) is 4. The van der Waals surface area contributed by atoms with Gasteiger partial charge in [-0.15, -0.1) is 0 Å². The van der Waals surface area contributed by atoms with Crippen molar-refractivity contribution in [2.75, 3.05) is 5.75 Å². The van der Waals surface area contributed by atoms with Crippen LogP contribution in [0.15, 0.2) is 0 Å². The van der Waals surface area contributed by atoms with Gasteiger partial charge in [0.15, 0.2) is 9.84 Å². The number of aliphatic carboxylic acids is 1. The second-order valence-corrected chi connectivity index (χ2v) is 8.29. The van der Waals surface area contributed by atoms with E-state index in [4.69, 9.17) is 5.11 Å². The Kier molecular flexibility index (Phi) is 5.56. The first-order chi connectivity index (χ1) is 9.11. The van der Waals surface area contributed by atoms with E-state index in [0.29, 0.717) is 24.7 Å². The normalized spacial score (nSPS) is 28.6. The van der Waals surface area contributed by atoms with Gasteiger partial charge >= 0.3 is 5.97 Å². The molecule has 1 rings (SSSR count). The highest BCUT2D eigenvalue weighted by Crippen LogP contribution is 2.32. The summed E-state index contributed by atoms with van der Waals surface area (Å²) in [5.41, 5.74) is 0. The summed E-state index contributed by atoms with van der Waals surface area (Å²) in [5.74, 6) is -1.75. The van der Waals surface area contributed by atoms with Crippen LogP contribution in [-0.2, 0) is 19.4 Å². The molecule has 0 aromatic heterocycles. The van der Waals surface area contributed by atoms with E-state index in [1.165, 1.54) is 6.92 Å². The first-order valence-electron chi connectivity index (χ1n) is 6.83. The summed E-state index contributed by atoms with van der Waals surface area (Å²) in [6.45, 7) is 5.20. The van der Waals surface area contributed by atoms with Gasteiger partial charge in [0.1, 0.15) is 6.04 Å². The zero-order chi connectivity index (χ0) is 15.5. The zero-order valence-corrected chi connectivity index (χ0v) is 12.9. The fourth-order valence-electron chi connectivity index (χ4n) is 2.95.